The fourth-order valence-electron chi connectivity index (χ4n) is 2.23. The van der Waals surface area contributed by atoms with Crippen molar-refractivity contribution in [3.8, 4) is 0 Å². The number of likely N-dealkylation sites (tertiary alicyclic amines) is 1. The van der Waals surface area contributed by atoms with E-state index in [1.807, 2.05) is 6.92 Å². The highest BCUT2D eigenvalue weighted by molar-refractivity contribution is 5.79. The molecule has 2 unspecified atom stereocenters. The molecule has 0 aliphatic carbocycles. The predicted octanol–water partition coefficient (Wildman–Crippen LogP) is -0.499. The Bertz CT molecular complexity index is 388. The monoisotopic (exact) mass is 301 g/mol. The molecule has 1 aliphatic rings. The lowest BCUT2D eigenvalue weighted by Crippen LogP contribution is -2.40. The van der Waals surface area contributed by atoms with Gasteiger partial charge in [-0.05, 0) is 5.92 Å². The molecular formula is C13H23N3O5. The fraction of sp³-hybridized carbons (Fsp3) is 0.769. The highest BCUT2D eigenvalue weighted by Crippen LogP contribution is 2.22. The van der Waals surface area contributed by atoms with Crippen molar-refractivity contribution in [2.45, 2.75) is 13.3 Å². The van der Waals surface area contributed by atoms with Gasteiger partial charge in [0.1, 0.15) is 0 Å². The number of ether oxygens (including phenoxy) is 1. The number of carboxylic acids is 1. The molecule has 0 aromatic rings. The third-order valence-corrected chi connectivity index (χ3v) is 3.47. The molecule has 8 heteroatoms. The fourth-order valence-corrected chi connectivity index (χ4v) is 2.23. The second-order valence-electron chi connectivity index (χ2n) is 5.15. The predicted molar refractivity (Wildman–Crippen MR) is 74.8 cm³/mol. The molecule has 2 atom stereocenters. The first-order chi connectivity index (χ1) is 9.95. The first-order valence-electron chi connectivity index (χ1n) is 6.97. The van der Waals surface area contributed by atoms with E-state index in [9.17, 15) is 14.4 Å². The van der Waals surface area contributed by atoms with E-state index in [-0.39, 0.29) is 37.4 Å². The maximum atomic E-state index is 11.9. The second-order valence-corrected chi connectivity index (χ2v) is 5.15. The Morgan fingerprint density at radius 2 is 1.95 bits per heavy atom. The minimum absolute atomic E-state index is 0.0643. The summed E-state index contributed by atoms with van der Waals surface area (Å²) in [4.78, 5) is 35.7. The molecule has 3 amide bonds. The number of urea groups is 1. The van der Waals surface area contributed by atoms with Crippen LogP contribution in [0.2, 0.25) is 0 Å². The van der Waals surface area contributed by atoms with Crippen molar-refractivity contribution in [3.05, 3.63) is 0 Å². The zero-order chi connectivity index (χ0) is 15.8. The van der Waals surface area contributed by atoms with Crippen LogP contribution >= 0.6 is 0 Å². The summed E-state index contributed by atoms with van der Waals surface area (Å²) < 4.78 is 4.80. The number of nitrogens with zero attached hydrogens (tertiary/aromatic N) is 1. The molecule has 0 radical (unpaired) electrons. The number of carboxylic acid groups (broad SMARTS) is 1. The van der Waals surface area contributed by atoms with Crippen LogP contribution in [-0.2, 0) is 14.3 Å². The molecule has 0 saturated carbocycles. The van der Waals surface area contributed by atoms with E-state index in [0.717, 1.165) is 0 Å². The van der Waals surface area contributed by atoms with E-state index in [1.54, 1.807) is 7.11 Å². The van der Waals surface area contributed by atoms with E-state index in [0.29, 0.717) is 19.7 Å². The molecule has 0 spiro atoms. The zero-order valence-corrected chi connectivity index (χ0v) is 12.4. The Hall–Kier alpha value is -1.83. The molecule has 1 heterocycles. The Labute approximate surface area is 123 Å². The van der Waals surface area contributed by atoms with Crippen molar-refractivity contribution in [3.63, 3.8) is 0 Å². The van der Waals surface area contributed by atoms with Crippen LogP contribution in [0.5, 0.6) is 0 Å². The molecule has 1 aliphatic heterocycles. The maximum absolute atomic E-state index is 11.9. The third kappa shape index (κ3) is 5.58. The van der Waals surface area contributed by atoms with E-state index in [1.165, 1.54) is 4.90 Å². The number of nitrogens with one attached hydrogen (secondary N) is 2. The first kappa shape index (κ1) is 17.2. The summed E-state index contributed by atoms with van der Waals surface area (Å²) in [6.45, 7) is 3.55. The van der Waals surface area contributed by atoms with Crippen LogP contribution in [0.15, 0.2) is 0 Å². The van der Waals surface area contributed by atoms with Gasteiger partial charge in [-0.3, -0.25) is 9.59 Å². The van der Waals surface area contributed by atoms with Crippen LogP contribution in [0.25, 0.3) is 0 Å². The number of hydrogen-bond acceptors (Lipinski definition) is 4. The molecule has 1 saturated heterocycles. The van der Waals surface area contributed by atoms with Crippen molar-refractivity contribution in [2.75, 3.05) is 39.9 Å². The molecule has 1 rings (SSSR count). The lowest BCUT2D eigenvalue weighted by atomic mass is 9.99. The standard InChI is InChI=1S/C13H23N3O5/c1-9-7-16(8-10(9)12(18)19)13(20)15-4-3-11(17)14-5-6-21-2/h9-10H,3-8H2,1-2H3,(H,14,17)(H,15,20)(H,18,19). The van der Waals surface area contributed by atoms with Gasteiger partial charge in [-0.25, -0.2) is 4.79 Å². The molecule has 21 heavy (non-hydrogen) atoms. The Morgan fingerprint density at radius 3 is 2.52 bits per heavy atom. The average Bonchev–Trinajstić information content (AvgIpc) is 2.81. The van der Waals surface area contributed by atoms with E-state index < -0.39 is 11.9 Å². The highest BCUT2D eigenvalue weighted by Gasteiger charge is 2.36. The van der Waals surface area contributed by atoms with Crippen LogP contribution in [-0.4, -0.2) is 67.8 Å². The Morgan fingerprint density at radius 1 is 1.24 bits per heavy atom. The lowest BCUT2D eigenvalue weighted by Gasteiger charge is -2.16. The minimum atomic E-state index is -0.879. The topological polar surface area (TPSA) is 108 Å². The molecule has 0 bridgehead atoms. The molecule has 0 aromatic heterocycles. The van der Waals surface area contributed by atoms with Gasteiger partial charge in [0.15, 0.2) is 0 Å². The maximum Gasteiger partial charge on any atom is 0.317 e. The van der Waals surface area contributed by atoms with Gasteiger partial charge in [0.2, 0.25) is 5.91 Å². The summed E-state index contributed by atoms with van der Waals surface area (Å²) in [6.07, 6.45) is 0.182. The van der Waals surface area contributed by atoms with E-state index >= 15 is 0 Å². The first-order valence-corrected chi connectivity index (χ1v) is 6.97. The number of rotatable bonds is 7. The summed E-state index contributed by atoms with van der Waals surface area (Å²) in [7, 11) is 1.55. The highest BCUT2D eigenvalue weighted by atomic mass is 16.5. The van der Waals surface area contributed by atoms with Crippen LogP contribution < -0.4 is 10.6 Å². The molecule has 3 N–H and O–H groups in total. The van der Waals surface area contributed by atoms with Gasteiger partial charge in [0, 0.05) is 39.7 Å². The molecular weight excluding hydrogens is 278 g/mol. The number of hydrogen-bond donors (Lipinski definition) is 3. The molecule has 1 fully saturated rings. The van der Waals surface area contributed by atoms with Gasteiger partial charge in [-0.1, -0.05) is 6.92 Å². The minimum Gasteiger partial charge on any atom is -0.481 e. The van der Waals surface area contributed by atoms with Crippen molar-refractivity contribution in [2.24, 2.45) is 11.8 Å². The SMILES string of the molecule is COCCNC(=O)CCNC(=O)N1CC(C)C(C(=O)O)C1. The summed E-state index contributed by atoms with van der Waals surface area (Å²) in [5.41, 5.74) is 0. The number of carbonyl (C=O) groups excluding carboxylic acids is 2. The average molecular weight is 301 g/mol. The van der Waals surface area contributed by atoms with Gasteiger partial charge in [0.05, 0.1) is 12.5 Å². The molecule has 8 nitrogen and oxygen atoms in total. The van der Waals surface area contributed by atoms with Crippen LogP contribution in [0, 0.1) is 11.8 Å². The van der Waals surface area contributed by atoms with Gasteiger partial charge in [0.25, 0.3) is 0 Å². The van der Waals surface area contributed by atoms with Gasteiger partial charge < -0.3 is 25.4 Å². The number of aliphatic carboxylic acids is 1. The number of methoxy groups -OCH3 is 1. The van der Waals surface area contributed by atoms with Gasteiger partial charge in [-0.2, -0.15) is 0 Å². The normalized spacial score (nSPS) is 21.1. The molecule has 120 valence electrons. The van der Waals surface area contributed by atoms with Crippen molar-refractivity contribution in [1.29, 1.82) is 0 Å². The second kappa shape index (κ2) is 8.46. The molecule has 0 aromatic carbocycles. The summed E-state index contributed by atoms with van der Waals surface area (Å²) >= 11 is 0. The quantitative estimate of drug-likeness (QED) is 0.549. The van der Waals surface area contributed by atoms with Crippen molar-refractivity contribution >= 4 is 17.9 Å². The largest absolute Gasteiger partial charge is 0.481 e. The van der Waals surface area contributed by atoms with Crippen molar-refractivity contribution < 1.29 is 24.2 Å². The van der Waals surface area contributed by atoms with Gasteiger partial charge >= 0.3 is 12.0 Å². The number of carbonyl (C=O) groups is 3. The summed E-state index contributed by atoms with van der Waals surface area (Å²) in [6, 6.07) is -0.324. The summed E-state index contributed by atoms with van der Waals surface area (Å²) in [5.74, 6) is -1.63. The van der Waals surface area contributed by atoms with E-state index in [2.05, 4.69) is 10.6 Å². The Kier molecular flexibility index (Phi) is 6.93. The van der Waals surface area contributed by atoms with Crippen LogP contribution in [0.4, 0.5) is 4.79 Å². The summed E-state index contributed by atoms with van der Waals surface area (Å²) in [5, 5.41) is 14.3. The van der Waals surface area contributed by atoms with Gasteiger partial charge in [-0.15, -0.1) is 0 Å². The smallest absolute Gasteiger partial charge is 0.317 e. The third-order valence-electron chi connectivity index (χ3n) is 3.47. The number of amides is 3. The van der Waals surface area contributed by atoms with Crippen LogP contribution in [0.3, 0.4) is 0 Å². The zero-order valence-electron chi connectivity index (χ0n) is 12.4. The Balaban J connectivity index is 2.23. The van der Waals surface area contributed by atoms with Crippen molar-refractivity contribution in [1.82, 2.24) is 15.5 Å². The lowest BCUT2D eigenvalue weighted by molar-refractivity contribution is -0.142. The van der Waals surface area contributed by atoms with Crippen LogP contribution in [0.1, 0.15) is 13.3 Å². The van der Waals surface area contributed by atoms with E-state index in [4.69, 9.17) is 9.84 Å².